The van der Waals surface area contributed by atoms with E-state index in [-0.39, 0.29) is 5.91 Å². The molecular formula is C15H20N2O. The number of nitrogens with zero attached hydrogens (tertiary/aromatic N) is 1. The number of benzene rings is 1. The van der Waals surface area contributed by atoms with Gasteiger partial charge in [-0.2, -0.15) is 5.10 Å². The van der Waals surface area contributed by atoms with Crippen LogP contribution in [0.1, 0.15) is 38.2 Å². The Labute approximate surface area is 108 Å². The Morgan fingerprint density at radius 2 is 2.11 bits per heavy atom. The second-order valence-electron chi connectivity index (χ2n) is 4.95. The molecule has 2 rings (SSSR count). The zero-order valence-corrected chi connectivity index (χ0v) is 10.9. The Morgan fingerprint density at radius 3 is 2.83 bits per heavy atom. The summed E-state index contributed by atoms with van der Waals surface area (Å²) in [5.41, 5.74) is 4.84. The molecule has 1 fully saturated rings. The van der Waals surface area contributed by atoms with Crippen molar-refractivity contribution in [2.45, 2.75) is 39.0 Å². The van der Waals surface area contributed by atoms with Crippen LogP contribution in [0.5, 0.6) is 0 Å². The van der Waals surface area contributed by atoms with Crippen LogP contribution in [0.2, 0.25) is 0 Å². The Bertz CT molecular complexity index is 425. The Balaban J connectivity index is 1.86. The maximum absolute atomic E-state index is 11.7. The monoisotopic (exact) mass is 244 g/mol. The molecule has 0 spiro atoms. The van der Waals surface area contributed by atoms with E-state index in [4.69, 9.17) is 0 Å². The number of amides is 1. The second-order valence-corrected chi connectivity index (χ2v) is 4.95. The van der Waals surface area contributed by atoms with Crippen molar-refractivity contribution < 1.29 is 4.79 Å². The van der Waals surface area contributed by atoms with Gasteiger partial charge in [0, 0.05) is 5.71 Å². The molecule has 1 aliphatic carbocycles. The van der Waals surface area contributed by atoms with Crippen LogP contribution in [0, 0.1) is 5.92 Å². The predicted octanol–water partition coefficient (Wildman–Crippen LogP) is 2.91. The van der Waals surface area contributed by atoms with Crippen LogP contribution in [0.4, 0.5) is 0 Å². The van der Waals surface area contributed by atoms with Crippen LogP contribution in [-0.4, -0.2) is 11.6 Å². The van der Waals surface area contributed by atoms with Crippen molar-refractivity contribution in [2.24, 2.45) is 11.0 Å². The van der Waals surface area contributed by atoms with Crippen molar-refractivity contribution >= 4 is 11.6 Å². The highest BCUT2D eigenvalue weighted by Gasteiger charge is 2.16. The molecular weight excluding hydrogens is 224 g/mol. The maximum Gasteiger partial charge on any atom is 0.244 e. The summed E-state index contributed by atoms with van der Waals surface area (Å²) in [6.45, 7) is 2.18. The molecule has 1 aliphatic rings. The highest BCUT2D eigenvalue weighted by atomic mass is 16.2. The average molecular weight is 244 g/mol. The molecule has 0 aliphatic heterocycles. The van der Waals surface area contributed by atoms with Crippen LogP contribution in [-0.2, 0) is 11.2 Å². The standard InChI is InChI=1S/C15H20N2O/c1-12-7-5-6-10-14(12)16-17-15(18)11-13-8-3-2-4-9-13/h2-4,8-9,12H,5-7,10-11H2,1H3,(H,17,18). The highest BCUT2D eigenvalue weighted by molar-refractivity contribution is 5.88. The number of hydrogen-bond acceptors (Lipinski definition) is 2. The number of hydrazone groups is 1. The van der Waals surface area contributed by atoms with Gasteiger partial charge in [0.05, 0.1) is 6.42 Å². The largest absolute Gasteiger partial charge is 0.273 e. The summed E-state index contributed by atoms with van der Waals surface area (Å²) in [4.78, 5) is 11.7. The predicted molar refractivity (Wildman–Crippen MR) is 73.4 cm³/mol. The first-order valence-corrected chi connectivity index (χ1v) is 6.65. The smallest absolute Gasteiger partial charge is 0.244 e. The third-order valence-electron chi connectivity index (χ3n) is 3.42. The molecule has 1 amide bonds. The molecule has 1 saturated carbocycles. The summed E-state index contributed by atoms with van der Waals surface area (Å²) >= 11 is 0. The van der Waals surface area contributed by atoms with E-state index in [9.17, 15) is 4.79 Å². The van der Waals surface area contributed by atoms with Crippen LogP contribution in [0.3, 0.4) is 0 Å². The maximum atomic E-state index is 11.7. The molecule has 1 atom stereocenters. The summed E-state index contributed by atoms with van der Waals surface area (Å²) in [5.74, 6) is 0.474. The van der Waals surface area contributed by atoms with Gasteiger partial charge >= 0.3 is 0 Å². The SMILES string of the molecule is CC1CCCCC1=NNC(=O)Cc1ccccc1. The fourth-order valence-corrected chi connectivity index (χ4v) is 2.29. The molecule has 3 heteroatoms. The van der Waals surface area contributed by atoms with E-state index >= 15 is 0 Å². The first kappa shape index (κ1) is 12.8. The van der Waals surface area contributed by atoms with E-state index in [0.717, 1.165) is 17.7 Å². The molecule has 1 aromatic rings. The van der Waals surface area contributed by atoms with Crippen molar-refractivity contribution in [2.75, 3.05) is 0 Å². The second kappa shape index (κ2) is 6.34. The molecule has 1 aromatic carbocycles. The number of carbonyl (C=O) groups is 1. The van der Waals surface area contributed by atoms with Gasteiger partial charge in [-0.25, -0.2) is 5.43 Å². The van der Waals surface area contributed by atoms with E-state index in [0.29, 0.717) is 12.3 Å². The number of rotatable bonds is 3. The number of nitrogens with one attached hydrogen (secondary N) is 1. The normalized spacial score (nSPS) is 21.8. The fourth-order valence-electron chi connectivity index (χ4n) is 2.29. The third kappa shape index (κ3) is 3.69. The highest BCUT2D eigenvalue weighted by Crippen LogP contribution is 2.20. The molecule has 18 heavy (non-hydrogen) atoms. The lowest BCUT2D eigenvalue weighted by Gasteiger charge is -2.19. The van der Waals surface area contributed by atoms with Crippen molar-refractivity contribution in [1.29, 1.82) is 0 Å². The molecule has 0 bridgehead atoms. The molecule has 0 aromatic heterocycles. The van der Waals surface area contributed by atoms with Gasteiger partial charge in [-0.05, 0) is 30.7 Å². The van der Waals surface area contributed by atoms with Crippen LogP contribution >= 0.6 is 0 Å². The Kier molecular flexibility index (Phi) is 4.51. The number of carbonyl (C=O) groups excluding carboxylic acids is 1. The summed E-state index contributed by atoms with van der Waals surface area (Å²) in [6.07, 6.45) is 5.07. The summed E-state index contributed by atoms with van der Waals surface area (Å²) in [7, 11) is 0. The lowest BCUT2D eigenvalue weighted by atomic mass is 9.89. The average Bonchev–Trinajstić information content (AvgIpc) is 2.39. The van der Waals surface area contributed by atoms with E-state index in [1.54, 1.807) is 0 Å². The quantitative estimate of drug-likeness (QED) is 0.816. The first-order chi connectivity index (χ1) is 8.75. The topological polar surface area (TPSA) is 41.5 Å². The summed E-state index contributed by atoms with van der Waals surface area (Å²) in [5, 5.41) is 4.28. The fraction of sp³-hybridized carbons (Fsp3) is 0.467. The van der Waals surface area contributed by atoms with Gasteiger partial charge in [0.1, 0.15) is 0 Å². The lowest BCUT2D eigenvalue weighted by molar-refractivity contribution is -0.120. The Morgan fingerprint density at radius 1 is 1.33 bits per heavy atom. The molecule has 1 unspecified atom stereocenters. The first-order valence-electron chi connectivity index (χ1n) is 6.65. The molecule has 0 heterocycles. The van der Waals surface area contributed by atoms with Gasteiger partial charge in [0.2, 0.25) is 5.91 Å². The molecule has 96 valence electrons. The molecule has 0 saturated heterocycles. The summed E-state index contributed by atoms with van der Waals surface area (Å²) in [6, 6.07) is 9.74. The van der Waals surface area contributed by atoms with Crippen molar-refractivity contribution in [3.05, 3.63) is 35.9 Å². The van der Waals surface area contributed by atoms with Crippen molar-refractivity contribution in [3.63, 3.8) is 0 Å². The van der Waals surface area contributed by atoms with Gasteiger partial charge < -0.3 is 0 Å². The van der Waals surface area contributed by atoms with Crippen molar-refractivity contribution in [1.82, 2.24) is 5.43 Å². The van der Waals surface area contributed by atoms with E-state index in [1.807, 2.05) is 30.3 Å². The minimum Gasteiger partial charge on any atom is -0.273 e. The van der Waals surface area contributed by atoms with Crippen LogP contribution in [0.25, 0.3) is 0 Å². The number of hydrogen-bond donors (Lipinski definition) is 1. The van der Waals surface area contributed by atoms with Crippen LogP contribution < -0.4 is 5.43 Å². The van der Waals surface area contributed by atoms with Gasteiger partial charge in [0.25, 0.3) is 0 Å². The third-order valence-corrected chi connectivity index (χ3v) is 3.42. The minimum absolute atomic E-state index is 0.0357. The zero-order chi connectivity index (χ0) is 12.8. The lowest BCUT2D eigenvalue weighted by Crippen LogP contribution is -2.25. The Hall–Kier alpha value is -1.64. The van der Waals surface area contributed by atoms with E-state index in [2.05, 4.69) is 17.5 Å². The zero-order valence-electron chi connectivity index (χ0n) is 10.9. The summed E-state index contributed by atoms with van der Waals surface area (Å²) < 4.78 is 0. The van der Waals surface area contributed by atoms with Gasteiger partial charge in [-0.1, -0.05) is 43.7 Å². The molecule has 1 N–H and O–H groups in total. The van der Waals surface area contributed by atoms with E-state index in [1.165, 1.54) is 19.3 Å². The minimum atomic E-state index is -0.0357. The van der Waals surface area contributed by atoms with E-state index < -0.39 is 0 Å². The van der Waals surface area contributed by atoms with Gasteiger partial charge in [0.15, 0.2) is 0 Å². The van der Waals surface area contributed by atoms with Gasteiger partial charge in [-0.3, -0.25) is 4.79 Å². The molecule has 3 nitrogen and oxygen atoms in total. The van der Waals surface area contributed by atoms with Crippen LogP contribution in [0.15, 0.2) is 35.4 Å². The molecule has 0 radical (unpaired) electrons. The van der Waals surface area contributed by atoms with Crippen molar-refractivity contribution in [3.8, 4) is 0 Å². The van der Waals surface area contributed by atoms with Gasteiger partial charge in [-0.15, -0.1) is 0 Å².